The third kappa shape index (κ3) is 3.56. The van der Waals surface area contributed by atoms with Gasteiger partial charge in [-0.25, -0.2) is 9.59 Å². The smallest absolute Gasteiger partial charge is 0.325 e. The minimum absolute atomic E-state index is 0.0504. The lowest BCUT2D eigenvalue weighted by Crippen LogP contribution is -2.39. The fourth-order valence-corrected chi connectivity index (χ4v) is 3.44. The molecule has 0 saturated carbocycles. The zero-order chi connectivity index (χ0) is 20.4. The highest BCUT2D eigenvalue weighted by molar-refractivity contribution is 6.21. The number of hydrogen-bond donors (Lipinski definition) is 1. The summed E-state index contributed by atoms with van der Waals surface area (Å²) in [6.45, 7) is 1.32. The molecule has 1 N–H and O–H groups in total. The monoisotopic (exact) mass is 393 g/mol. The Morgan fingerprint density at radius 2 is 1.41 bits per heavy atom. The number of likely N-dealkylation sites (tertiary alicyclic amines) is 1. The summed E-state index contributed by atoms with van der Waals surface area (Å²) in [5.41, 5.74) is 0.660. The maximum atomic E-state index is 12.7. The SMILES string of the molecule is O=C(ON1C(=O)c2ccccc2C1=O)c1ccccc1NC(=O)N1CCCCC1. The molecule has 0 aliphatic carbocycles. The van der Waals surface area contributed by atoms with Crippen LogP contribution in [-0.2, 0) is 4.84 Å². The largest absolute Gasteiger partial charge is 0.366 e. The maximum Gasteiger partial charge on any atom is 0.366 e. The second-order valence-electron chi connectivity index (χ2n) is 6.85. The van der Waals surface area contributed by atoms with Crippen molar-refractivity contribution >= 4 is 29.5 Å². The molecule has 4 rings (SSSR count). The minimum Gasteiger partial charge on any atom is -0.325 e. The number of fused-ring (bicyclic) bond motifs is 1. The molecule has 0 aromatic heterocycles. The quantitative estimate of drug-likeness (QED) is 0.809. The van der Waals surface area contributed by atoms with Crippen LogP contribution in [-0.4, -0.2) is 46.9 Å². The first-order chi connectivity index (χ1) is 14.1. The average Bonchev–Trinajstić information content (AvgIpc) is 3.00. The van der Waals surface area contributed by atoms with Crippen molar-refractivity contribution in [3.8, 4) is 0 Å². The lowest BCUT2D eigenvalue weighted by Gasteiger charge is -2.27. The van der Waals surface area contributed by atoms with Gasteiger partial charge >= 0.3 is 12.0 Å². The number of nitrogens with zero attached hydrogens (tertiary/aromatic N) is 2. The molecule has 2 aromatic rings. The van der Waals surface area contributed by atoms with E-state index in [0.29, 0.717) is 18.2 Å². The Labute approximate surface area is 167 Å². The summed E-state index contributed by atoms with van der Waals surface area (Å²) in [5, 5.41) is 3.18. The maximum absolute atomic E-state index is 12.7. The molecule has 148 valence electrons. The molecule has 0 spiro atoms. The van der Waals surface area contributed by atoms with E-state index >= 15 is 0 Å². The van der Waals surface area contributed by atoms with Crippen molar-refractivity contribution in [1.82, 2.24) is 9.96 Å². The Hall–Kier alpha value is -3.68. The van der Waals surface area contributed by atoms with Crippen LogP contribution in [0.2, 0.25) is 0 Å². The van der Waals surface area contributed by atoms with Gasteiger partial charge in [-0.3, -0.25) is 9.59 Å². The fourth-order valence-electron chi connectivity index (χ4n) is 3.44. The van der Waals surface area contributed by atoms with Crippen molar-refractivity contribution in [3.63, 3.8) is 0 Å². The summed E-state index contributed by atoms with van der Waals surface area (Å²) >= 11 is 0. The Balaban J connectivity index is 1.51. The van der Waals surface area contributed by atoms with E-state index in [-0.39, 0.29) is 28.4 Å². The van der Waals surface area contributed by atoms with Crippen molar-refractivity contribution in [2.24, 2.45) is 0 Å². The molecule has 2 aliphatic heterocycles. The van der Waals surface area contributed by atoms with E-state index in [9.17, 15) is 19.2 Å². The third-order valence-corrected chi connectivity index (χ3v) is 4.96. The molecule has 1 saturated heterocycles. The van der Waals surface area contributed by atoms with Gasteiger partial charge in [-0.05, 0) is 43.5 Å². The number of rotatable bonds is 3. The van der Waals surface area contributed by atoms with E-state index in [1.807, 2.05) is 0 Å². The normalized spacial score (nSPS) is 15.9. The Morgan fingerprint density at radius 1 is 0.828 bits per heavy atom. The van der Waals surface area contributed by atoms with E-state index in [2.05, 4.69) is 5.32 Å². The van der Waals surface area contributed by atoms with Gasteiger partial charge in [0.2, 0.25) is 0 Å². The van der Waals surface area contributed by atoms with Gasteiger partial charge in [0.25, 0.3) is 11.8 Å². The van der Waals surface area contributed by atoms with Crippen molar-refractivity contribution in [2.75, 3.05) is 18.4 Å². The molecular weight excluding hydrogens is 374 g/mol. The average molecular weight is 393 g/mol. The highest BCUT2D eigenvalue weighted by Crippen LogP contribution is 2.25. The van der Waals surface area contributed by atoms with Crippen LogP contribution in [0.15, 0.2) is 48.5 Å². The molecule has 0 radical (unpaired) electrons. The number of hydroxylamine groups is 2. The highest BCUT2D eigenvalue weighted by atomic mass is 16.7. The van der Waals surface area contributed by atoms with Crippen LogP contribution in [0.1, 0.15) is 50.3 Å². The number of para-hydroxylation sites is 1. The molecule has 4 amide bonds. The highest BCUT2D eigenvalue weighted by Gasteiger charge is 2.39. The standard InChI is InChI=1S/C21H19N3O5/c25-18-14-8-2-3-9-15(14)19(26)24(18)29-20(27)16-10-4-5-11-17(16)22-21(28)23-12-6-1-7-13-23/h2-5,8-11H,1,6-7,12-13H2,(H,22,28). The summed E-state index contributed by atoms with van der Waals surface area (Å²) in [4.78, 5) is 56.8. The summed E-state index contributed by atoms with van der Waals surface area (Å²) in [7, 11) is 0. The van der Waals surface area contributed by atoms with E-state index in [1.54, 1.807) is 35.2 Å². The van der Waals surface area contributed by atoms with Crippen LogP contribution < -0.4 is 5.32 Å². The predicted octanol–water partition coefficient (Wildman–Crippen LogP) is 3.07. The first-order valence-corrected chi connectivity index (χ1v) is 9.41. The molecule has 2 heterocycles. The van der Waals surface area contributed by atoms with Crippen LogP contribution in [0, 0.1) is 0 Å². The second-order valence-corrected chi connectivity index (χ2v) is 6.85. The van der Waals surface area contributed by atoms with E-state index in [0.717, 1.165) is 19.3 Å². The second kappa shape index (κ2) is 7.75. The van der Waals surface area contributed by atoms with Crippen LogP contribution in [0.3, 0.4) is 0 Å². The number of anilines is 1. The molecule has 0 unspecified atom stereocenters. The number of imide groups is 1. The predicted molar refractivity (Wildman–Crippen MR) is 103 cm³/mol. The molecule has 8 nitrogen and oxygen atoms in total. The molecular formula is C21H19N3O5. The number of carbonyl (C=O) groups is 4. The van der Waals surface area contributed by atoms with Gasteiger partial charge in [-0.2, -0.15) is 0 Å². The number of nitrogens with one attached hydrogen (secondary N) is 1. The van der Waals surface area contributed by atoms with Gasteiger partial charge in [-0.1, -0.05) is 29.3 Å². The molecule has 8 heteroatoms. The van der Waals surface area contributed by atoms with Crippen molar-refractivity contribution in [1.29, 1.82) is 0 Å². The number of piperidine rings is 1. The summed E-state index contributed by atoms with van der Waals surface area (Å²) in [6, 6.07) is 12.3. The molecule has 1 fully saturated rings. The fraction of sp³-hybridized carbons (Fsp3) is 0.238. The zero-order valence-corrected chi connectivity index (χ0v) is 15.6. The molecule has 0 bridgehead atoms. The van der Waals surface area contributed by atoms with Crippen molar-refractivity contribution in [2.45, 2.75) is 19.3 Å². The molecule has 2 aromatic carbocycles. The van der Waals surface area contributed by atoms with Gasteiger partial charge in [-0.15, -0.1) is 0 Å². The van der Waals surface area contributed by atoms with Gasteiger partial charge in [0.05, 0.1) is 22.4 Å². The van der Waals surface area contributed by atoms with Crippen LogP contribution >= 0.6 is 0 Å². The minimum atomic E-state index is -0.908. The molecule has 29 heavy (non-hydrogen) atoms. The summed E-state index contributed by atoms with van der Waals surface area (Å²) < 4.78 is 0. The van der Waals surface area contributed by atoms with Crippen LogP contribution in [0.5, 0.6) is 0 Å². The van der Waals surface area contributed by atoms with Gasteiger partial charge in [0.1, 0.15) is 0 Å². The first-order valence-electron chi connectivity index (χ1n) is 9.41. The van der Waals surface area contributed by atoms with E-state index in [1.165, 1.54) is 18.2 Å². The van der Waals surface area contributed by atoms with E-state index in [4.69, 9.17) is 4.84 Å². The summed E-state index contributed by atoms with van der Waals surface area (Å²) in [5.74, 6) is -2.31. The van der Waals surface area contributed by atoms with Gasteiger partial charge in [0, 0.05) is 13.1 Å². The summed E-state index contributed by atoms with van der Waals surface area (Å²) in [6.07, 6.45) is 2.97. The van der Waals surface area contributed by atoms with E-state index < -0.39 is 17.8 Å². The number of amides is 4. The number of hydrogen-bond acceptors (Lipinski definition) is 5. The lowest BCUT2D eigenvalue weighted by molar-refractivity contribution is -0.0583. The Kier molecular flexibility index (Phi) is 4.99. The number of urea groups is 1. The topological polar surface area (TPSA) is 96.0 Å². The number of benzene rings is 2. The first kappa shape index (κ1) is 18.7. The Bertz CT molecular complexity index is 962. The Morgan fingerprint density at radius 3 is 2.07 bits per heavy atom. The van der Waals surface area contributed by atoms with Crippen LogP contribution in [0.4, 0.5) is 10.5 Å². The zero-order valence-electron chi connectivity index (χ0n) is 15.6. The van der Waals surface area contributed by atoms with Crippen molar-refractivity contribution in [3.05, 3.63) is 65.2 Å². The van der Waals surface area contributed by atoms with Gasteiger partial charge in [0.15, 0.2) is 0 Å². The third-order valence-electron chi connectivity index (χ3n) is 4.96. The van der Waals surface area contributed by atoms with Crippen molar-refractivity contribution < 1.29 is 24.0 Å². The van der Waals surface area contributed by atoms with Crippen LogP contribution in [0.25, 0.3) is 0 Å². The lowest BCUT2D eigenvalue weighted by atomic mass is 10.1. The van der Waals surface area contributed by atoms with Gasteiger partial charge < -0.3 is 15.1 Å². The molecule has 2 aliphatic rings. The number of carbonyl (C=O) groups excluding carboxylic acids is 4. The molecule has 0 atom stereocenters.